The minimum Gasteiger partial charge on any atom is -0.462 e. The summed E-state index contributed by atoms with van der Waals surface area (Å²) in [4.78, 5) is 0. The summed E-state index contributed by atoms with van der Waals surface area (Å²) in [6, 6.07) is 0. The molecule has 0 spiro atoms. The van der Waals surface area contributed by atoms with Gasteiger partial charge in [0.2, 0.25) is 12.6 Å². The smallest absolute Gasteiger partial charge is 0.229 e. The largest absolute Gasteiger partial charge is 0.462 e. The van der Waals surface area contributed by atoms with Crippen molar-refractivity contribution in [2.75, 3.05) is 39.6 Å². The maximum atomic E-state index is 11.4. The number of hydrogen-bond donors (Lipinski definition) is 22. The van der Waals surface area contributed by atoms with Crippen molar-refractivity contribution in [3.8, 4) is 0 Å². The fourth-order valence-corrected chi connectivity index (χ4v) is 14.6. The summed E-state index contributed by atoms with van der Waals surface area (Å²) in [5.74, 6) is 0.214. The fraction of sp³-hybridized carbons (Fsp3) is 0.711. The van der Waals surface area contributed by atoms with Crippen LogP contribution in [0, 0.1) is 10.8 Å². The van der Waals surface area contributed by atoms with Gasteiger partial charge in [-0.15, -0.1) is 0 Å². The first kappa shape index (κ1) is 91.0. The Bertz CT molecular complexity index is 3140. The summed E-state index contributed by atoms with van der Waals surface area (Å²) in [6.45, 7) is 14.6. The molecule has 34 nitrogen and oxygen atoms in total. The Morgan fingerprint density at radius 2 is 0.600 bits per heavy atom. The minimum atomic E-state index is -1.88. The van der Waals surface area contributed by atoms with E-state index in [2.05, 4.69) is 0 Å². The molecule has 6 saturated heterocycles. The molecule has 0 aromatic heterocycles. The van der Waals surface area contributed by atoms with Crippen LogP contribution in [0.4, 0.5) is 0 Å². The molecule has 6 fully saturated rings. The van der Waals surface area contributed by atoms with Crippen LogP contribution >= 0.6 is 0 Å². The standard InChI is InChI=1S/C76H116O34/c1-33(15-17-35(3)19-39(23-43-37(5)21-41(25-75(43,7)8)103-73-65(95)59(89)53(83)47(29-79)107-73)101-71-67(97)61(91)55(85)49(109-71)31-99-69-63(93)57(87)51(81)45(27-77)105-69)13-11-12-14-34(2)16-18-36(4)20-40(24-44-38(6)22-42(26-76(44,9)10)104-74-66(96)60(90)54(84)48(30-80)108-74)102-72-68(98)62(92)56(86)50(110-72)32-100-70-64(94)58(88)52(82)46(28-78)106-70/h11-20,23-24,41-42,45-74,77-98H,21-22,25-32H2,1-10H3. The summed E-state index contributed by atoms with van der Waals surface area (Å²) in [5, 5.41) is 232. The molecule has 8 aliphatic rings. The molecule has 32 atom stereocenters. The van der Waals surface area contributed by atoms with E-state index in [1.165, 1.54) is 0 Å². The molecule has 0 aromatic rings. The number of ether oxygens (including phenoxy) is 12. The number of rotatable bonds is 28. The van der Waals surface area contributed by atoms with Crippen molar-refractivity contribution in [2.45, 2.75) is 291 Å². The molecule has 0 aromatic carbocycles. The van der Waals surface area contributed by atoms with Gasteiger partial charge in [0.05, 0.1) is 51.8 Å². The first-order valence-corrected chi connectivity index (χ1v) is 36.8. The van der Waals surface area contributed by atoms with Crippen molar-refractivity contribution >= 4 is 0 Å². The lowest BCUT2D eigenvalue weighted by molar-refractivity contribution is -0.327. The Labute approximate surface area is 637 Å². The zero-order valence-corrected chi connectivity index (χ0v) is 63.2. The summed E-state index contributed by atoms with van der Waals surface area (Å²) >= 11 is 0. The summed E-state index contributed by atoms with van der Waals surface area (Å²) < 4.78 is 70.8. The van der Waals surface area contributed by atoms with Gasteiger partial charge in [-0.3, -0.25) is 0 Å². The SMILES string of the molecule is CC(C=CC(C)=CC(=CC1=C(C)CC(OC2OC(CO)C(O)C(O)C2O)CC1(C)C)OC1OC(COC2OC(CO)C(O)C(O)C2O)C(O)C(O)C1O)=CC=CC=C(C)C=CC(C)=CC(=CC1=C(C)CC(OC2OC(CO)C(O)C(O)C2O)CC1(C)C)OC1OC(COC2OC(CO)C(O)C(O)C2O)C(O)C(O)C1O. The topological polar surface area (TPSA) is 556 Å². The van der Waals surface area contributed by atoms with Crippen LogP contribution in [-0.4, -0.2) is 348 Å². The molecule has 8 rings (SSSR count). The first-order chi connectivity index (χ1) is 51.7. The molecule has 22 N–H and O–H groups in total. The van der Waals surface area contributed by atoms with Gasteiger partial charge >= 0.3 is 0 Å². The average Bonchev–Trinajstić information content (AvgIpc) is 0.791. The number of allylic oxidation sites excluding steroid dienone is 18. The van der Waals surface area contributed by atoms with Gasteiger partial charge in [-0.25, -0.2) is 0 Å². The van der Waals surface area contributed by atoms with Crippen molar-refractivity contribution in [3.05, 3.63) is 129 Å². The first-order valence-electron chi connectivity index (χ1n) is 36.8. The fourth-order valence-electron chi connectivity index (χ4n) is 14.6. The highest BCUT2D eigenvalue weighted by Gasteiger charge is 2.53. The third-order valence-electron chi connectivity index (χ3n) is 21.0. The Kier molecular flexibility index (Phi) is 33.0. The summed E-state index contributed by atoms with van der Waals surface area (Å²) in [5.41, 5.74) is 4.36. The maximum absolute atomic E-state index is 11.4. The number of hydrogen-bond acceptors (Lipinski definition) is 34. The van der Waals surface area contributed by atoms with Crippen LogP contribution in [-0.2, 0) is 56.8 Å². The van der Waals surface area contributed by atoms with E-state index in [-0.39, 0.29) is 24.4 Å². The number of aliphatic hydroxyl groups excluding tert-OH is 22. The van der Waals surface area contributed by atoms with Gasteiger partial charge in [0, 0.05) is 0 Å². The Morgan fingerprint density at radius 3 is 0.891 bits per heavy atom. The van der Waals surface area contributed by atoms with Crippen LogP contribution in [0.25, 0.3) is 0 Å². The molecule has 110 heavy (non-hydrogen) atoms. The van der Waals surface area contributed by atoms with Gasteiger partial charge < -0.3 is 169 Å². The van der Waals surface area contributed by atoms with Gasteiger partial charge in [0.1, 0.15) is 158 Å². The van der Waals surface area contributed by atoms with Crippen LogP contribution in [0.3, 0.4) is 0 Å². The normalized spacial score (nSPS) is 42.5. The second-order valence-corrected chi connectivity index (χ2v) is 31.0. The Morgan fingerprint density at radius 1 is 0.345 bits per heavy atom. The van der Waals surface area contributed by atoms with Gasteiger partial charge in [0.15, 0.2) is 25.2 Å². The molecule has 2 aliphatic carbocycles. The summed E-state index contributed by atoms with van der Waals surface area (Å²) in [7, 11) is 0. The second kappa shape index (κ2) is 39.9. The molecule has 6 heterocycles. The van der Waals surface area contributed by atoms with Crippen molar-refractivity contribution < 1.29 is 169 Å². The Balaban J connectivity index is 1.01. The molecule has 32 unspecified atom stereocenters. The number of aliphatic hydroxyl groups is 22. The van der Waals surface area contributed by atoms with E-state index >= 15 is 0 Å². The van der Waals surface area contributed by atoms with Gasteiger partial charge in [-0.2, -0.15) is 0 Å². The molecule has 0 radical (unpaired) electrons. The zero-order chi connectivity index (χ0) is 81.3. The van der Waals surface area contributed by atoms with Crippen LogP contribution in [0.15, 0.2) is 129 Å². The minimum absolute atomic E-state index is 0.107. The molecule has 34 heteroatoms. The lowest BCUT2D eigenvalue weighted by Crippen LogP contribution is -2.61. The predicted octanol–water partition coefficient (Wildman–Crippen LogP) is -3.87. The third-order valence-corrected chi connectivity index (χ3v) is 21.0. The monoisotopic (exact) mass is 1570 g/mol. The van der Waals surface area contributed by atoms with Crippen LogP contribution in [0.2, 0.25) is 0 Å². The molecular weight excluding hydrogens is 1460 g/mol. The van der Waals surface area contributed by atoms with Crippen molar-refractivity contribution in [1.82, 2.24) is 0 Å². The quantitative estimate of drug-likeness (QED) is 0.0263. The van der Waals surface area contributed by atoms with Crippen molar-refractivity contribution in [1.29, 1.82) is 0 Å². The average molecular weight is 1570 g/mol. The van der Waals surface area contributed by atoms with Crippen LogP contribution in [0.5, 0.6) is 0 Å². The zero-order valence-electron chi connectivity index (χ0n) is 63.2. The Hall–Kier alpha value is -4.54. The highest BCUT2D eigenvalue weighted by Crippen LogP contribution is 2.46. The maximum Gasteiger partial charge on any atom is 0.229 e. The van der Waals surface area contributed by atoms with E-state index in [0.29, 0.717) is 24.0 Å². The summed E-state index contributed by atoms with van der Waals surface area (Å²) in [6.07, 6.45) is -27.5. The molecular formula is C76H116O34. The van der Waals surface area contributed by atoms with E-state index in [4.69, 9.17) is 56.8 Å². The predicted molar refractivity (Wildman–Crippen MR) is 382 cm³/mol. The van der Waals surface area contributed by atoms with Crippen LogP contribution in [0.1, 0.15) is 94.9 Å². The van der Waals surface area contributed by atoms with E-state index in [1.54, 1.807) is 62.5 Å². The van der Waals surface area contributed by atoms with E-state index in [9.17, 15) is 112 Å². The van der Waals surface area contributed by atoms with E-state index < -0.39 is 247 Å². The second-order valence-electron chi connectivity index (χ2n) is 31.0. The molecule has 624 valence electrons. The lowest BCUT2D eigenvalue weighted by atomic mass is 9.71. The molecule has 6 aliphatic heterocycles. The third kappa shape index (κ3) is 22.3. The van der Waals surface area contributed by atoms with Crippen molar-refractivity contribution in [3.63, 3.8) is 0 Å². The van der Waals surface area contributed by atoms with Gasteiger partial charge in [-0.1, -0.05) is 98.6 Å². The molecule has 0 saturated carbocycles. The van der Waals surface area contributed by atoms with E-state index in [1.807, 2.05) is 79.7 Å². The van der Waals surface area contributed by atoms with Crippen molar-refractivity contribution in [2.24, 2.45) is 10.8 Å². The highest BCUT2D eigenvalue weighted by molar-refractivity contribution is 5.42. The highest BCUT2D eigenvalue weighted by atomic mass is 16.8. The van der Waals surface area contributed by atoms with Gasteiger partial charge in [0.25, 0.3) is 0 Å². The molecule has 0 amide bonds. The lowest BCUT2D eigenvalue weighted by Gasteiger charge is -2.44. The van der Waals surface area contributed by atoms with Gasteiger partial charge in [-0.05, 0) is 125 Å². The van der Waals surface area contributed by atoms with E-state index in [0.717, 1.165) is 33.4 Å². The molecule has 0 bridgehead atoms. The van der Waals surface area contributed by atoms with Crippen LogP contribution < -0.4 is 0 Å².